The lowest BCUT2D eigenvalue weighted by Crippen LogP contribution is -2.31. The molecular formula is C12H21N3O3. The minimum absolute atomic E-state index is 0.191. The van der Waals surface area contributed by atoms with Gasteiger partial charge in [0.15, 0.2) is 5.69 Å². The summed E-state index contributed by atoms with van der Waals surface area (Å²) >= 11 is 0. The van der Waals surface area contributed by atoms with Crippen LogP contribution in [-0.4, -0.2) is 48.6 Å². The summed E-state index contributed by atoms with van der Waals surface area (Å²) in [6, 6.07) is 0.835. The molecule has 1 aromatic heterocycles. The first-order chi connectivity index (χ1) is 8.54. The number of aromatic nitrogens is 1. The molecule has 0 fully saturated rings. The van der Waals surface area contributed by atoms with Gasteiger partial charge in [0.25, 0.3) is 6.01 Å². The zero-order valence-corrected chi connectivity index (χ0v) is 11.4. The van der Waals surface area contributed by atoms with Gasteiger partial charge in [-0.15, -0.1) is 0 Å². The van der Waals surface area contributed by atoms with Crippen molar-refractivity contribution < 1.29 is 13.9 Å². The lowest BCUT2D eigenvalue weighted by molar-refractivity contribution is 0.0519. The molecule has 0 unspecified atom stereocenters. The maximum Gasteiger partial charge on any atom is 0.360 e. The minimum Gasteiger partial charge on any atom is -0.461 e. The summed E-state index contributed by atoms with van der Waals surface area (Å²) in [5, 5.41) is 3.02. The molecule has 0 bridgehead atoms. The molecule has 1 heterocycles. The molecule has 0 saturated carbocycles. The molecular weight excluding hydrogens is 234 g/mol. The number of carbonyl (C=O) groups excluding carboxylic acids is 1. The second kappa shape index (κ2) is 7.00. The fourth-order valence-electron chi connectivity index (χ4n) is 1.25. The van der Waals surface area contributed by atoms with Crippen molar-refractivity contribution in [2.45, 2.75) is 26.8 Å². The Labute approximate surface area is 107 Å². The highest BCUT2D eigenvalue weighted by Gasteiger charge is 2.12. The predicted molar refractivity (Wildman–Crippen MR) is 68.7 cm³/mol. The molecule has 0 spiro atoms. The fourth-order valence-corrected chi connectivity index (χ4v) is 1.25. The van der Waals surface area contributed by atoms with E-state index in [4.69, 9.17) is 9.15 Å². The summed E-state index contributed by atoms with van der Waals surface area (Å²) < 4.78 is 9.95. The third-order valence-corrected chi connectivity index (χ3v) is 2.61. The number of rotatable bonds is 7. The van der Waals surface area contributed by atoms with E-state index in [1.165, 1.54) is 6.26 Å². The first-order valence-electron chi connectivity index (χ1n) is 6.11. The maximum absolute atomic E-state index is 11.3. The van der Waals surface area contributed by atoms with E-state index in [0.29, 0.717) is 25.2 Å². The van der Waals surface area contributed by atoms with Gasteiger partial charge in [0.05, 0.1) is 6.61 Å². The summed E-state index contributed by atoms with van der Waals surface area (Å²) in [7, 11) is 2.05. The topological polar surface area (TPSA) is 67.6 Å². The third-order valence-electron chi connectivity index (χ3n) is 2.61. The number of carbonyl (C=O) groups is 1. The Bertz CT molecular complexity index is 376. The summed E-state index contributed by atoms with van der Waals surface area (Å²) in [5.74, 6) is -0.464. The molecule has 1 rings (SSSR count). The standard InChI is InChI=1S/C12H21N3O3/c1-5-17-11(16)10-8-18-12(14-10)13-6-7-15(4)9(2)3/h8-9H,5-7H2,1-4H3,(H,13,14). The van der Waals surface area contributed by atoms with Gasteiger partial charge in [-0.2, -0.15) is 4.98 Å². The van der Waals surface area contributed by atoms with Crippen LogP contribution in [0.3, 0.4) is 0 Å². The van der Waals surface area contributed by atoms with Gasteiger partial charge in [-0.25, -0.2) is 4.79 Å². The number of oxazole rings is 1. The molecule has 1 aromatic rings. The highest BCUT2D eigenvalue weighted by atomic mass is 16.5. The summed E-state index contributed by atoms with van der Waals surface area (Å²) in [6.45, 7) is 7.91. The highest BCUT2D eigenvalue weighted by molar-refractivity contribution is 5.87. The van der Waals surface area contributed by atoms with E-state index in [0.717, 1.165) is 6.54 Å². The van der Waals surface area contributed by atoms with E-state index in [9.17, 15) is 4.79 Å². The van der Waals surface area contributed by atoms with Crippen molar-refractivity contribution in [2.75, 3.05) is 32.1 Å². The van der Waals surface area contributed by atoms with E-state index < -0.39 is 5.97 Å². The van der Waals surface area contributed by atoms with E-state index in [2.05, 4.69) is 29.0 Å². The van der Waals surface area contributed by atoms with Crippen LogP contribution in [0.1, 0.15) is 31.3 Å². The molecule has 0 aliphatic carbocycles. The molecule has 0 radical (unpaired) electrons. The van der Waals surface area contributed by atoms with Gasteiger partial charge in [-0.1, -0.05) is 0 Å². The van der Waals surface area contributed by atoms with Gasteiger partial charge in [0.2, 0.25) is 0 Å². The van der Waals surface area contributed by atoms with Gasteiger partial charge in [-0.3, -0.25) is 0 Å². The van der Waals surface area contributed by atoms with Crippen LogP contribution in [0.4, 0.5) is 6.01 Å². The monoisotopic (exact) mass is 255 g/mol. The van der Waals surface area contributed by atoms with Gasteiger partial charge >= 0.3 is 5.97 Å². The Hall–Kier alpha value is -1.56. The van der Waals surface area contributed by atoms with Crippen molar-refractivity contribution in [1.82, 2.24) is 9.88 Å². The van der Waals surface area contributed by atoms with Crippen LogP contribution in [0, 0.1) is 0 Å². The number of anilines is 1. The van der Waals surface area contributed by atoms with Crippen molar-refractivity contribution in [3.05, 3.63) is 12.0 Å². The molecule has 6 nitrogen and oxygen atoms in total. The second-order valence-electron chi connectivity index (χ2n) is 4.26. The Morgan fingerprint density at radius 2 is 2.33 bits per heavy atom. The van der Waals surface area contributed by atoms with Crippen molar-refractivity contribution in [2.24, 2.45) is 0 Å². The summed E-state index contributed by atoms with van der Waals surface area (Å²) in [5.41, 5.74) is 0.191. The highest BCUT2D eigenvalue weighted by Crippen LogP contribution is 2.08. The van der Waals surface area contributed by atoms with Crippen molar-refractivity contribution >= 4 is 12.0 Å². The second-order valence-corrected chi connectivity index (χ2v) is 4.26. The summed E-state index contributed by atoms with van der Waals surface area (Å²) in [4.78, 5) is 17.5. The van der Waals surface area contributed by atoms with Crippen molar-refractivity contribution in [3.8, 4) is 0 Å². The lowest BCUT2D eigenvalue weighted by Gasteiger charge is -2.20. The number of hydrogen-bond donors (Lipinski definition) is 1. The van der Waals surface area contributed by atoms with E-state index in [1.807, 2.05) is 7.05 Å². The Balaban J connectivity index is 2.38. The Morgan fingerprint density at radius 3 is 2.94 bits per heavy atom. The van der Waals surface area contributed by atoms with Crippen LogP contribution in [0.2, 0.25) is 0 Å². The largest absolute Gasteiger partial charge is 0.461 e. The maximum atomic E-state index is 11.3. The van der Waals surface area contributed by atoms with E-state index in [1.54, 1.807) is 6.92 Å². The number of nitrogens with zero attached hydrogens (tertiary/aromatic N) is 2. The quantitative estimate of drug-likeness (QED) is 0.746. The minimum atomic E-state index is -0.464. The number of nitrogens with one attached hydrogen (secondary N) is 1. The number of likely N-dealkylation sites (N-methyl/N-ethyl adjacent to an activating group) is 1. The first kappa shape index (κ1) is 14.5. The van der Waals surface area contributed by atoms with Gasteiger partial charge in [-0.05, 0) is 27.8 Å². The van der Waals surface area contributed by atoms with E-state index in [-0.39, 0.29) is 5.69 Å². The third kappa shape index (κ3) is 4.37. The SMILES string of the molecule is CCOC(=O)c1coc(NCCN(C)C(C)C)n1. The number of ether oxygens (including phenoxy) is 1. The molecule has 0 aliphatic rings. The predicted octanol–water partition coefficient (Wildman–Crippen LogP) is 1.60. The van der Waals surface area contributed by atoms with Crippen LogP contribution in [0.5, 0.6) is 0 Å². The zero-order chi connectivity index (χ0) is 13.5. The Morgan fingerprint density at radius 1 is 1.61 bits per heavy atom. The molecule has 1 N–H and O–H groups in total. The van der Waals surface area contributed by atoms with Crippen LogP contribution in [0.25, 0.3) is 0 Å². The molecule has 0 amide bonds. The van der Waals surface area contributed by atoms with Crippen LogP contribution in [-0.2, 0) is 4.74 Å². The fraction of sp³-hybridized carbons (Fsp3) is 0.667. The number of hydrogen-bond acceptors (Lipinski definition) is 6. The first-order valence-corrected chi connectivity index (χ1v) is 6.11. The average Bonchev–Trinajstić information content (AvgIpc) is 2.78. The molecule has 0 aromatic carbocycles. The van der Waals surface area contributed by atoms with Crippen molar-refractivity contribution in [1.29, 1.82) is 0 Å². The Kier molecular flexibility index (Phi) is 5.64. The van der Waals surface area contributed by atoms with Crippen molar-refractivity contribution in [3.63, 3.8) is 0 Å². The normalized spacial score (nSPS) is 11.0. The van der Waals surface area contributed by atoms with Crippen LogP contribution >= 0.6 is 0 Å². The molecule has 0 aliphatic heterocycles. The van der Waals surface area contributed by atoms with Gasteiger partial charge in [0, 0.05) is 19.1 Å². The molecule has 18 heavy (non-hydrogen) atoms. The molecule has 102 valence electrons. The van der Waals surface area contributed by atoms with Gasteiger partial charge in [0.1, 0.15) is 6.26 Å². The zero-order valence-electron chi connectivity index (χ0n) is 11.4. The summed E-state index contributed by atoms with van der Waals surface area (Å²) in [6.07, 6.45) is 1.30. The lowest BCUT2D eigenvalue weighted by atomic mass is 10.3. The van der Waals surface area contributed by atoms with E-state index >= 15 is 0 Å². The molecule has 6 heteroatoms. The van der Waals surface area contributed by atoms with Gasteiger partial charge < -0.3 is 19.4 Å². The van der Waals surface area contributed by atoms with Crippen LogP contribution < -0.4 is 5.32 Å². The average molecular weight is 255 g/mol. The number of esters is 1. The molecule has 0 atom stereocenters. The van der Waals surface area contributed by atoms with Crippen LogP contribution in [0.15, 0.2) is 10.7 Å². The molecule has 0 saturated heterocycles. The smallest absolute Gasteiger partial charge is 0.360 e.